The molecule has 1 fully saturated rings. The van der Waals surface area contributed by atoms with Gasteiger partial charge in [0.1, 0.15) is 11.5 Å². The van der Waals surface area contributed by atoms with Gasteiger partial charge in [0.15, 0.2) is 5.13 Å². The zero-order valence-electron chi connectivity index (χ0n) is 18.4. The van der Waals surface area contributed by atoms with Crippen molar-refractivity contribution in [3.8, 4) is 11.1 Å². The number of amides is 2. The van der Waals surface area contributed by atoms with Gasteiger partial charge in [0, 0.05) is 19.0 Å². The Labute approximate surface area is 200 Å². The number of hydrogen-bond acceptors (Lipinski definition) is 6. The van der Waals surface area contributed by atoms with Crippen molar-refractivity contribution >= 4 is 34.4 Å². The van der Waals surface area contributed by atoms with E-state index in [1.54, 1.807) is 11.9 Å². The molecule has 2 amide bonds. The number of carbonyl (C=O) groups is 3. The Bertz CT molecular complexity index is 1220. The number of aromatic nitrogens is 1. The van der Waals surface area contributed by atoms with Crippen LogP contribution in [0.5, 0.6) is 0 Å². The standard InChI is InChI=1S/C25H23N3O5S/c1-28(15-10-14(11-15)23(30)31)22(29)21-12-26-24(34-21)27-25(32)33-13-20-18-8-4-2-6-16(18)17-7-3-5-9-19(17)20/h2-9,12,14-15,20H,10-11,13H2,1H3,(H,30,31)(H,26,27,32). The zero-order valence-corrected chi connectivity index (χ0v) is 19.2. The smallest absolute Gasteiger partial charge is 0.413 e. The Kier molecular flexibility index (Phi) is 5.79. The van der Waals surface area contributed by atoms with Gasteiger partial charge in [-0.1, -0.05) is 59.9 Å². The molecule has 2 aromatic carbocycles. The quantitative estimate of drug-likeness (QED) is 0.543. The second-order valence-corrected chi connectivity index (χ2v) is 9.59. The van der Waals surface area contributed by atoms with Crippen molar-refractivity contribution in [1.82, 2.24) is 9.88 Å². The number of carboxylic acids is 1. The van der Waals surface area contributed by atoms with Crippen molar-refractivity contribution in [2.24, 2.45) is 5.92 Å². The van der Waals surface area contributed by atoms with Gasteiger partial charge in [0.05, 0.1) is 12.1 Å². The molecule has 34 heavy (non-hydrogen) atoms. The van der Waals surface area contributed by atoms with E-state index >= 15 is 0 Å². The van der Waals surface area contributed by atoms with Gasteiger partial charge in [-0.25, -0.2) is 9.78 Å². The molecule has 5 rings (SSSR count). The molecule has 174 valence electrons. The summed E-state index contributed by atoms with van der Waals surface area (Å²) in [4.78, 5) is 42.2. The third-order valence-electron chi connectivity index (χ3n) is 6.60. The molecule has 0 aliphatic heterocycles. The lowest BCUT2D eigenvalue weighted by Gasteiger charge is -2.38. The van der Waals surface area contributed by atoms with Crippen LogP contribution in [0.4, 0.5) is 9.93 Å². The second kappa shape index (κ2) is 8.90. The van der Waals surface area contributed by atoms with Gasteiger partial charge in [0.2, 0.25) is 0 Å². The lowest BCUT2D eigenvalue weighted by molar-refractivity contribution is -0.146. The number of nitrogens with zero attached hydrogens (tertiary/aromatic N) is 2. The summed E-state index contributed by atoms with van der Waals surface area (Å²) in [7, 11) is 1.66. The third kappa shape index (κ3) is 4.03. The minimum Gasteiger partial charge on any atom is -0.481 e. The van der Waals surface area contributed by atoms with Crippen LogP contribution in [-0.2, 0) is 9.53 Å². The predicted octanol–water partition coefficient (Wildman–Crippen LogP) is 4.44. The molecule has 3 aromatic rings. The predicted molar refractivity (Wildman–Crippen MR) is 127 cm³/mol. The van der Waals surface area contributed by atoms with E-state index < -0.39 is 18.0 Å². The molecule has 2 N–H and O–H groups in total. The van der Waals surface area contributed by atoms with Gasteiger partial charge in [0.25, 0.3) is 5.91 Å². The van der Waals surface area contributed by atoms with Gasteiger partial charge < -0.3 is 14.7 Å². The fourth-order valence-electron chi connectivity index (χ4n) is 4.60. The topological polar surface area (TPSA) is 109 Å². The average Bonchev–Trinajstić information content (AvgIpc) is 3.38. The first-order valence-electron chi connectivity index (χ1n) is 11.0. The molecule has 0 bridgehead atoms. The summed E-state index contributed by atoms with van der Waals surface area (Å²) in [5.74, 6) is -1.51. The number of rotatable bonds is 6. The highest BCUT2D eigenvalue weighted by Crippen LogP contribution is 2.44. The first-order valence-corrected chi connectivity index (χ1v) is 11.8. The molecule has 0 unspecified atom stereocenters. The Balaban J connectivity index is 1.18. The van der Waals surface area contributed by atoms with Crippen LogP contribution >= 0.6 is 11.3 Å². The van der Waals surface area contributed by atoms with E-state index in [1.165, 1.54) is 6.20 Å². The van der Waals surface area contributed by atoms with E-state index in [4.69, 9.17) is 9.84 Å². The summed E-state index contributed by atoms with van der Waals surface area (Å²) in [6, 6.07) is 16.1. The van der Waals surface area contributed by atoms with Gasteiger partial charge in [-0.2, -0.15) is 0 Å². The van der Waals surface area contributed by atoms with Crippen LogP contribution in [0.2, 0.25) is 0 Å². The molecule has 1 heterocycles. The van der Waals surface area contributed by atoms with Crippen molar-refractivity contribution in [2.45, 2.75) is 24.8 Å². The van der Waals surface area contributed by atoms with Gasteiger partial charge in [-0.15, -0.1) is 0 Å². The SMILES string of the molecule is CN(C(=O)c1cnc(NC(=O)OCC2c3ccccc3-c3ccccc32)s1)C1CC(C(=O)O)C1. The number of nitrogens with one attached hydrogen (secondary N) is 1. The summed E-state index contributed by atoms with van der Waals surface area (Å²) in [5.41, 5.74) is 4.56. The minimum absolute atomic E-state index is 0.0441. The van der Waals surface area contributed by atoms with E-state index in [0.29, 0.717) is 17.7 Å². The first kappa shape index (κ1) is 22.1. The molecule has 9 heteroatoms. The number of aliphatic carboxylic acids is 1. The number of carboxylic acid groups (broad SMARTS) is 1. The summed E-state index contributed by atoms with van der Waals surface area (Å²) in [6.07, 6.45) is 1.67. The van der Waals surface area contributed by atoms with Crippen LogP contribution in [-0.4, -0.2) is 52.7 Å². The minimum atomic E-state index is -0.829. The Morgan fingerprint density at radius 1 is 1.09 bits per heavy atom. The van der Waals surface area contributed by atoms with E-state index in [9.17, 15) is 14.4 Å². The maximum atomic E-state index is 12.7. The van der Waals surface area contributed by atoms with Crippen LogP contribution in [0, 0.1) is 5.92 Å². The number of fused-ring (bicyclic) bond motifs is 3. The molecule has 8 nitrogen and oxygen atoms in total. The van der Waals surface area contributed by atoms with Crippen LogP contribution in [0.3, 0.4) is 0 Å². The number of ether oxygens (including phenoxy) is 1. The van der Waals surface area contributed by atoms with Gasteiger partial charge >= 0.3 is 12.1 Å². The fraction of sp³-hybridized carbons (Fsp3) is 0.280. The lowest BCUT2D eigenvalue weighted by Crippen LogP contribution is -2.47. The molecule has 0 spiro atoms. The zero-order chi connectivity index (χ0) is 23.8. The van der Waals surface area contributed by atoms with Crippen LogP contribution < -0.4 is 5.32 Å². The van der Waals surface area contributed by atoms with Crippen LogP contribution in [0.15, 0.2) is 54.7 Å². The van der Waals surface area contributed by atoms with Crippen molar-refractivity contribution in [1.29, 1.82) is 0 Å². The van der Waals surface area contributed by atoms with Gasteiger partial charge in [-0.3, -0.25) is 14.9 Å². The molecule has 0 saturated heterocycles. The lowest BCUT2D eigenvalue weighted by atomic mass is 9.79. The number of anilines is 1. The van der Waals surface area contributed by atoms with Gasteiger partial charge in [-0.05, 0) is 35.1 Å². The number of hydrogen-bond donors (Lipinski definition) is 2. The van der Waals surface area contributed by atoms with Crippen molar-refractivity contribution in [3.63, 3.8) is 0 Å². The molecule has 0 radical (unpaired) electrons. The second-order valence-electron chi connectivity index (χ2n) is 8.56. The summed E-state index contributed by atoms with van der Waals surface area (Å²) in [6.45, 7) is 0.187. The molecule has 1 aromatic heterocycles. The Morgan fingerprint density at radius 2 is 1.71 bits per heavy atom. The van der Waals surface area contributed by atoms with Crippen LogP contribution in [0.1, 0.15) is 39.6 Å². The molecule has 2 aliphatic rings. The molecule has 0 atom stereocenters. The van der Waals surface area contributed by atoms with Crippen molar-refractivity contribution in [3.05, 3.63) is 70.7 Å². The number of thiazole rings is 1. The number of carbonyl (C=O) groups excluding carboxylic acids is 2. The molecular formula is C25H23N3O5S. The van der Waals surface area contributed by atoms with E-state index in [2.05, 4.69) is 34.6 Å². The fourth-order valence-corrected chi connectivity index (χ4v) is 5.38. The summed E-state index contributed by atoms with van der Waals surface area (Å²) in [5, 5.41) is 11.9. The Hall–Kier alpha value is -3.72. The van der Waals surface area contributed by atoms with Crippen molar-refractivity contribution < 1.29 is 24.2 Å². The maximum absolute atomic E-state index is 12.7. The highest BCUT2D eigenvalue weighted by Gasteiger charge is 2.39. The average molecular weight is 478 g/mol. The van der Waals surface area contributed by atoms with E-state index in [0.717, 1.165) is 33.6 Å². The summed E-state index contributed by atoms with van der Waals surface area (Å²) < 4.78 is 5.53. The highest BCUT2D eigenvalue weighted by atomic mass is 32.1. The van der Waals surface area contributed by atoms with Crippen LogP contribution in [0.25, 0.3) is 11.1 Å². The van der Waals surface area contributed by atoms with Crippen molar-refractivity contribution in [2.75, 3.05) is 19.0 Å². The molecule has 1 saturated carbocycles. The monoisotopic (exact) mass is 477 g/mol. The van der Waals surface area contributed by atoms with E-state index in [1.807, 2.05) is 24.3 Å². The number of benzene rings is 2. The normalized spacial score (nSPS) is 18.4. The first-order chi connectivity index (χ1) is 16.4. The molecular weight excluding hydrogens is 454 g/mol. The van der Waals surface area contributed by atoms with E-state index in [-0.39, 0.29) is 29.6 Å². The summed E-state index contributed by atoms with van der Waals surface area (Å²) >= 11 is 1.06. The largest absolute Gasteiger partial charge is 0.481 e. The maximum Gasteiger partial charge on any atom is 0.413 e. The third-order valence-corrected chi connectivity index (χ3v) is 7.50. The molecule has 2 aliphatic carbocycles. The Morgan fingerprint density at radius 3 is 2.32 bits per heavy atom. The highest BCUT2D eigenvalue weighted by molar-refractivity contribution is 7.17.